The summed E-state index contributed by atoms with van der Waals surface area (Å²) in [5.41, 5.74) is 3.07. The van der Waals surface area contributed by atoms with Crippen LogP contribution in [-0.4, -0.2) is 23.8 Å². The topological polar surface area (TPSA) is 83.1 Å². The molecule has 3 rings (SSSR count). The summed E-state index contributed by atoms with van der Waals surface area (Å²) < 4.78 is 0. The molecule has 27 heavy (non-hydrogen) atoms. The fourth-order valence-corrected chi connectivity index (χ4v) is 2.49. The van der Waals surface area contributed by atoms with E-state index >= 15 is 0 Å². The first-order chi connectivity index (χ1) is 13.0. The number of carbonyl (C=O) groups excluding carboxylic acids is 2. The van der Waals surface area contributed by atoms with Crippen molar-refractivity contribution in [1.29, 1.82) is 0 Å². The Morgan fingerprint density at radius 3 is 2.19 bits per heavy atom. The minimum atomic E-state index is -0.251. The van der Waals surface area contributed by atoms with Gasteiger partial charge in [-0.3, -0.25) is 14.6 Å². The fraction of sp³-hybridized carbons (Fsp3) is 0.0500. The lowest BCUT2D eigenvalue weighted by molar-refractivity contribution is 0.0957. The zero-order chi connectivity index (χ0) is 19.2. The Hall–Kier alpha value is -3.38. The largest absolute Gasteiger partial charge is 0.355 e. The molecule has 0 saturated carbocycles. The molecule has 1 heterocycles. The third-order valence-electron chi connectivity index (χ3n) is 3.76. The monoisotopic (exact) mass is 380 g/mol. The zero-order valence-corrected chi connectivity index (χ0v) is 15.2. The van der Waals surface area contributed by atoms with E-state index in [-0.39, 0.29) is 11.8 Å². The molecule has 0 aliphatic rings. The molecule has 0 aliphatic heterocycles. The SMILES string of the molecule is CNC(=O)c1cc(Nc2ccc(NC(=O)c3ccc(Cl)cc3)cc2)ccn1. The molecule has 2 aromatic carbocycles. The summed E-state index contributed by atoms with van der Waals surface area (Å²) in [4.78, 5) is 27.9. The van der Waals surface area contributed by atoms with Gasteiger partial charge < -0.3 is 16.0 Å². The van der Waals surface area contributed by atoms with E-state index < -0.39 is 0 Å². The molecule has 2 amide bonds. The summed E-state index contributed by atoms with van der Waals surface area (Å²) in [6, 6.07) is 17.3. The number of carbonyl (C=O) groups is 2. The Balaban J connectivity index is 1.66. The molecule has 0 radical (unpaired) electrons. The average molecular weight is 381 g/mol. The molecule has 136 valence electrons. The second-order valence-electron chi connectivity index (χ2n) is 5.67. The van der Waals surface area contributed by atoms with Gasteiger partial charge in [-0.1, -0.05) is 11.6 Å². The van der Waals surface area contributed by atoms with Crippen molar-refractivity contribution in [2.45, 2.75) is 0 Å². The van der Waals surface area contributed by atoms with Gasteiger partial charge in [0.15, 0.2) is 0 Å². The smallest absolute Gasteiger partial charge is 0.269 e. The van der Waals surface area contributed by atoms with Gasteiger partial charge in [-0.15, -0.1) is 0 Å². The standard InChI is InChI=1S/C20H17ClN4O2/c1-22-20(27)18-12-17(10-11-23-18)24-15-6-8-16(9-7-15)25-19(26)13-2-4-14(21)5-3-13/h2-12H,1H3,(H,22,27)(H,23,24)(H,25,26). The fourth-order valence-electron chi connectivity index (χ4n) is 2.37. The molecule has 3 N–H and O–H groups in total. The Labute approximate surface area is 161 Å². The Morgan fingerprint density at radius 2 is 1.52 bits per heavy atom. The van der Waals surface area contributed by atoms with Crippen molar-refractivity contribution in [3.63, 3.8) is 0 Å². The predicted octanol–water partition coefficient (Wildman–Crippen LogP) is 4.09. The number of rotatable bonds is 5. The Morgan fingerprint density at radius 1 is 0.852 bits per heavy atom. The van der Waals surface area contributed by atoms with Gasteiger partial charge in [0, 0.05) is 40.9 Å². The van der Waals surface area contributed by atoms with E-state index in [2.05, 4.69) is 20.9 Å². The Kier molecular flexibility index (Phi) is 5.68. The van der Waals surface area contributed by atoms with E-state index in [9.17, 15) is 9.59 Å². The minimum Gasteiger partial charge on any atom is -0.355 e. The first-order valence-electron chi connectivity index (χ1n) is 8.17. The number of pyridine rings is 1. The normalized spacial score (nSPS) is 10.1. The molecule has 0 aliphatic carbocycles. The molecule has 0 atom stereocenters. The molecule has 0 bridgehead atoms. The molecular weight excluding hydrogens is 364 g/mol. The highest BCUT2D eigenvalue weighted by molar-refractivity contribution is 6.30. The van der Waals surface area contributed by atoms with Crippen LogP contribution in [0.4, 0.5) is 17.1 Å². The maximum Gasteiger partial charge on any atom is 0.269 e. The lowest BCUT2D eigenvalue weighted by atomic mass is 10.2. The van der Waals surface area contributed by atoms with Gasteiger partial charge in [-0.05, 0) is 60.7 Å². The summed E-state index contributed by atoms with van der Waals surface area (Å²) in [6.07, 6.45) is 1.56. The van der Waals surface area contributed by atoms with Crippen LogP contribution in [0.3, 0.4) is 0 Å². The van der Waals surface area contributed by atoms with Crippen molar-refractivity contribution >= 4 is 40.5 Å². The highest BCUT2D eigenvalue weighted by atomic mass is 35.5. The molecule has 3 aromatic rings. The van der Waals surface area contributed by atoms with Crippen LogP contribution in [0.1, 0.15) is 20.8 Å². The molecule has 0 saturated heterocycles. The summed E-state index contributed by atoms with van der Waals surface area (Å²) in [7, 11) is 1.56. The van der Waals surface area contributed by atoms with Gasteiger partial charge in [-0.25, -0.2) is 0 Å². The van der Waals surface area contributed by atoms with Gasteiger partial charge in [0.25, 0.3) is 11.8 Å². The Bertz CT molecular complexity index is 956. The van der Waals surface area contributed by atoms with Crippen LogP contribution >= 0.6 is 11.6 Å². The third kappa shape index (κ3) is 4.83. The lowest BCUT2D eigenvalue weighted by Gasteiger charge is -2.09. The van der Waals surface area contributed by atoms with E-state index in [1.165, 1.54) is 0 Å². The van der Waals surface area contributed by atoms with Crippen molar-refractivity contribution in [3.8, 4) is 0 Å². The van der Waals surface area contributed by atoms with Crippen LogP contribution in [0.5, 0.6) is 0 Å². The third-order valence-corrected chi connectivity index (χ3v) is 4.01. The molecule has 0 unspecified atom stereocenters. The number of halogens is 1. The number of nitrogens with one attached hydrogen (secondary N) is 3. The first kappa shape index (κ1) is 18.4. The van der Waals surface area contributed by atoms with E-state index in [1.54, 1.807) is 61.8 Å². The average Bonchev–Trinajstić information content (AvgIpc) is 2.69. The van der Waals surface area contributed by atoms with Gasteiger partial charge in [0.1, 0.15) is 5.69 Å². The number of hydrogen-bond acceptors (Lipinski definition) is 4. The van der Waals surface area contributed by atoms with Gasteiger partial charge in [0.05, 0.1) is 0 Å². The molecular formula is C20H17ClN4O2. The van der Waals surface area contributed by atoms with Gasteiger partial charge in [-0.2, -0.15) is 0 Å². The van der Waals surface area contributed by atoms with Gasteiger partial charge >= 0.3 is 0 Å². The van der Waals surface area contributed by atoms with E-state index in [4.69, 9.17) is 11.6 Å². The maximum atomic E-state index is 12.2. The number of benzene rings is 2. The summed E-state index contributed by atoms with van der Waals surface area (Å²) in [5.74, 6) is -0.462. The summed E-state index contributed by atoms with van der Waals surface area (Å²) in [5, 5.41) is 9.14. The zero-order valence-electron chi connectivity index (χ0n) is 14.5. The number of hydrogen-bond donors (Lipinski definition) is 3. The highest BCUT2D eigenvalue weighted by Gasteiger charge is 2.07. The van der Waals surface area contributed by atoms with Crippen LogP contribution in [0.2, 0.25) is 5.02 Å². The van der Waals surface area contributed by atoms with E-state index in [1.807, 2.05) is 12.1 Å². The van der Waals surface area contributed by atoms with Crippen molar-refractivity contribution in [2.24, 2.45) is 0 Å². The predicted molar refractivity (Wildman–Crippen MR) is 107 cm³/mol. The van der Waals surface area contributed by atoms with Crippen molar-refractivity contribution in [1.82, 2.24) is 10.3 Å². The molecule has 0 fully saturated rings. The highest BCUT2D eigenvalue weighted by Crippen LogP contribution is 2.20. The lowest BCUT2D eigenvalue weighted by Crippen LogP contribution is -2.19. The first-order valence-corrected chi connectivity index (χ1v) is 8.55. The number of anilines is 3. The minimum absolute atomic E-state index is 0.211. The van der Waals surface area contributed by atoms with Crippen LogP contribution in [0.25, 0.3) is 0 Å². The molecule has 0 spiro atoms. The van der Waals surface area contributed by atoms with Crippen molar-refractivity contribution in [3.05, 3.63) is 83.1 Å². The molecule has 7 heteroatoms. The van der Waals surface area contributed by atoms with E-state index in [0.717, 1.165) is 11.4 Å². The van der Waals surface area contributed by atoms with Crippen LogP contribution in [-0.2, 0) is 0 Å². The quantitative estimate of drug-likeness (QED) is 0.622. The second kappa shape index (κ2) is 8.33. The number of aromatic nitrogens is 1. The summed E-state index contributed by atoms with van der Waals surface area (Å²) in [6.45, 7) is 0. The van der Waals surface area contributed by atoms with Crippen molar-refractivity contribution in [2.75, 3.05) is 17.7 Å². The van der Waals surface area contributed by atoms with Crippen LogP contribution in [0, 0.1) is 0 Å². The molecule has 1 aromatic heterocycles. The number of amides is 2. The van der Waals surface area contributed by atoms with E-state index in [0.29, 0.717) is 22.0 Å². The number of nitrogens with zero attached hydrogens (tertiary/aromatic N) is 1. The van der Waals surface area contributed by atoms with Crippen LogP contribution in [0.15, 0.2) is 66.9 Å². The second-order valence-corrected chi connectivity index (χ2v) is 6.11. The van der Waals surface area contributed by atoms with Crippen LogP contribution < -0.4 is 16.0 Å². The maximum absolute atomic E-state index is 12.2. The van der Waals surface area contributed by atoms with Crippen molar-refractivity contribution < 1.29 is 9.59 Å². The van der Waals surface area contributed by atoms with Gasteiger partial charge in [0.2, 0.25) is 0 Å². The summed E-state index contributed by atoms with van der Waals surface area (Å²) >= 11 is 5.83. The molecule has 6 nitrogen and oxygen atoms in total.